The Labute approximate surface area is 182 Å². The minimum atomic E-state index is -3.88. The maximum Gasteiger partial charge on any atom is 0.338 e. The minimum Gasteiger partial charge on any atom is -0.490 e. The number of nitrogens with one attached hydrogen (secondary N) is 1. The number of rotatable bonds is 8. The van der Waals surface area contributed by atoms with Crippen molar-refractivity contribution in [3.63, 3.8) is 0 Å². The number of esters is 1. The average Bonchev–Trinajstić information content (AvgIpc) is 3.05. The molecule has 0 saturated carbocycles. The van der Waals surface area contributed by atoms with Gasteiger partial charge in [-0.3, -0.25) is 0 Å². The summed E-state index contributed by atoms with van der Waals surface area (Å²) in [6, 6.07) is 10.5. The van der Waals surface area contributed by atoms with Gasteiger partial charge in [0.15, 0.2) is 9.84 Å². The fourth-order valence-electron chi connectivity index (χ4n) is 3.18. The van der Waals surface area contributed by atoms with Crippen LogP contribution in [0.4, 0.5) is 0 Å². The number of carbonyl (C=O) groups is 1. The van der Waals surface area contributed by atoms with Crippen LogP contribution in [0, 0.1) is 13.8 Å². The first-order valence-electron chi connectivity index (χ1n) is 9.76. The SMILES string of the molecule is Cc1ccc(C)c(OCCOC(=O)c2ccc(S(=O)(=O)N[C@@H]3CCS(=O)(=O)C3)cc2)c1. The van der Waals surface area contributed by atoms with Crippen molar-refractivity contribution in [1.82, 2.24) is 4.72 Å². The van der Waals surface area contributed by atoms with E-state index in [9.17, 15) is 21.6 Å². The quantitative estimate of drug-likeness (QED) is 0.466. The average molecular weight is 468 g/mol. The van der Waals surface area contributed by atoms with Gasteiger partial charge in [-0.2, -0.15) is 0 Å². The van der Waals surface area contributed by atoms with E-state index in [1.54, 1.807) is 0 Å². The lowest BCUT2D eigenvalue weighted by Gasteiger charge is -2.12. The molecule has 3 rings (SSSR count). The number of carbonyl (C=O) groups excluding carboxylic acids is 1. The summed E-state index contributed by atoms with van der Waals surface area (Å²) < 4.78 is 61.1. The lowest BCUT2D eigenvalue weighted by Crippen LogP contribution is -2.35. The normalized spacial score (nSPS) is 17.9. The first-order chi connectivity index (χ1) is 14.6. The second-order valence-corrected chi connectivity index (χ2v) is 11.4. The van der Waals surface area contributed by atoms with E-state index in [-0.39, 0.29) is 41.6 Å². The highest BCUT2D eigenvalue weighted by atomic mass is 32.2. The van der Waals surface area contributed by atoms with Crippen molar-refractivity contribution in [1.29, 1.82) is 0 Å². The Kier molecular flexibility index (Phi) is 7.03. The van der Waals surface area contributed by atoms with Gasteiger partial charge in [0.2, 0.25) is 10.0 Å². The van der Waals surface area contributed by atoms with Crippen LogP contribution in [0.25, 0.3) is 0 Å². The van der Waals surface area contributed by atoms with E-state index in [0.717, 1.165) is 16.9 Å². The zero-order valence-electron chi connectivity index (χ0n) is 17.3. The summed E-state index contributed by atoms with van der Waals surface area (Å²) >= 11 is 0. The molecule has 1 heterocycles. The summed E-state index contributed by atoms with van der Waals surface area (Å²) in [4.78, 5) is 12.1. The van der Waals surface area contributed by atoms with E-state index in [0.29, 0.717) is 0 Å². The summed E-state index contributed by atoms with van der Waals surface area (Å²) in [7, 11) is -7.08. The number of sulfone groups is 1. The van der Waals surface area contributed by atoms with Crippen molar-refractivity contribution in [2.75, 3.05) is 24.7 Å². The largest absolute Gasteiger partial charge is 0.490 e. The molecule has 0 aromatic heterocycles. The van der Waals surface area contributed by atoms with Crippen LogP contribution in [0.3, 0.4) is 0 Å². The summed E-state index contributed by atoms with van der Waals surface area (Å²) in [5.41, 5.74) is 2.25. The standard InChI is InChI=1S/C21H25NO7S2/c1-15-3-4-16(2)20(13-15)28-10-11-29-21(23)17-5-7-19(8-6-17)31(26,27)22-18-9-12-30(24,25)14-18/h3-8,13,18,22H,9-12,14H2,1-2H3/t18-/m1/s1. The van der Waals surface area contributed by atoms with Crippen LogP contribution in [0.1, 0.15) is 27.9 Å². The number of benzene rings is 2. The van der Waals surface area contributed by atoms with E-state index < -0.39 is 31.9 Å². The Bertz CT molecular complexity index is 1160. The van der Waals surface area contributed by atoms with Gasteiger partial charge in [-0.15, -0.1) is 0 Å². The van der Waals surface area contributed by atoms with Crippen LogP contribution in [0.15, 0.2) is 47.4 Å². The van der Waals surface area contributed by atoms with Crippen LogP contribution in [-0.2, 0) is 24.6 Å². The van der Waals surface area contributed by atoms with Gasteiger partial charge in [0.05, 0.1) is 22.0 Å². The van der Waals surface area contributed by atoms with Crippen molar-refractivity contribution in [3.8, 4) is 5.75 Å². The van der Waals surface area contributed by atoms with E-state index in [2.05, 4.69) is 4.72 Å². The van der Waals surface area contributed by atoms with Crippen molar-refractivity contribution < 1.29 is 31.1 Å². The van der Waals surface area contributed by atoms with E-state index in [1.807, 2.05) is 32.0 Å². The zero-order chi connectivity index (χ0) is 22.6. The van der Waals surface area contributed by atoms with Gasteiger partial charge in [-0.25, -0.2) is 26.4 Å². The van der Waals surface area contributed by atoms with Gasteiger partial charge in [0.25, 0.3) is 0 Å². The fourth-order valence-corrected chi connectivity index (χ4v) is 6.23. The number of ether oxygens (including phenoxy) is 2. The molecule has 1 atom stereocenters. The second-order valence-electron chi connectivity index (χ2n) is 7.50. The molecule has 0 aliphatic carbocycles. The Morgan fingerprint density at radius 2 is 1.81 bits per heavy atom. The molecule has 0 spiro atoms. The molecule has 0 radical (unpaired) electrons. The number of sulfonamides is 1. The Hall–Kier alpha value is -2.43. The zero-order valence-corrected chi connectivity index (χ0v) is 19.0. The second kappa shape index (κ2) is 9.37. The van der Waals surface area contributed by atoms with Crippen molar-refractivity contribution in [2.24, 2.45) is 0 Å². The first-order valence-corrected chi connectivity index (χ1v) is 13.1. The molecule has 31 heavy (non-hydrogen) atoms. The molecule has 1 aliphatic heterocycles. The molecule has 168 valence electrons. The molecule has 8 nitrogen and oxygen atoms in total. The molecule has 2 aromatic carbocycles. The molecule has 0 amide bonds. The van der Waals surface area contributed by atoms with E-state index in [4.69, 9.17) is 9.47 Å². The van der Waals surface area contributed by atoms with Crippen molar-refractivity contribution >= 4 is 25.8 Å². The maximum atomic E-state index is 12.4. The van der Waals surface area contributed by atoms with Crippen LogP contribution in [-0.4, -0.2) is 53.6 Å². The summed E-state index contributed by atoms with van der Waals surface area (Å²) in [5.74, 6) is -0.102. The number of hydrogen-bond acceptors (Lipinski definition) is 7. The lowest BCUT2D eigenvalue weighted by atomic mass is 10.1. The minimum absolute atomic E-state index is 0.0296. The maximum absolute atomic E-state index is 12.4. The van der Waals surface area contributed by atoms with Gasteiger partial charge in [0.1, 0.15) is 19.0 Å². The third-order valence-corrected chi connectivity index (χ3v) is 8.18. The molecular formula is C21H25NO7S2. The molecule has 0 bridgehead atoms. The highest BCUT2D eigenvalue weighted by Crippen LogP contribution is 2.19. The number of aryl methyl sites for hydroxylation is 2. The Balaban J connectivity index is 1.52. The van der Waals surface area contributed by atoms with Gasteiger partial charge < -0.3 is 9.47 Å². The lowest BCUT2D eigenvalue weighted by molar-refractivity contribution is 0.0450. The molecular weight excluding hydrogens is 442 g/mol. The van der Waals surface area contributed by atoms with Crippen LogP contribution >= 0.6 is 0 Å². The Morgan fingerprint density at radius 3 is 2.45 bits per heavy atom. The fraction of sp³-hybridized carbons (Fsp3) is 0.381. The summed E-state index contributed by atoms with van der Waals surface area (Å²) in [6.45, 7) is 4.12. The molecule has 0 unspecified atom stereocenters. The van der Waals surface area contributed by atoms with Crippen LogP contribution in [0.2, 0.25) is 0 Å². The van der Waals surface area contributed by atoms with Crippen molar-refractivity contribution in [2.45, 2.75) is 31.2 Å². The monoisotopic (exact) mass is 467 g/mol. The Morgan fingerprint density at radius 1 is 1.10 bits per heavy atom. The molecule has 1 aliphatic rings. The van der Waals surface area contributed by atoms with Gasteiger partial charge >= 0.3 is 5.97 Å². The summed E-state index contributed by atoms with van der Waals surface area (Å²) in [6.07, 6.45) is 0.246. The van der Waals surface area contributed by atoms with Crippen LogP contribution in [0.5, 0.6) is 5.75 Å². The van der Waals surface area contributed by atoms with Gasteiger partial charge in [0, 0.05) is 6.04 Å². The smallest absolute Gasteiger partial charge is 0.338 e. The predicted molar refractivity (Wildman–Crippen MR) is 116 cm³/mol. The van der Waals surface area contributed by atoms with Gasteiger partial charge in [-0.05, 0) is 61.7 Å². The van der Waals surface area contributed by atoms with Crippen molar-refractivity contribution in [3.05, 3.63) is 59.2 Å². The predicted octanol–water partition coefficient (Wildman–Crippen LogP) is 2.00. The molecule has 1 N–H and O–H groups in total. The van der Waals surface area contributed by atoms with E-state index >= 15 is 0 Å². The number of hydrogen-bond donors (Lipinski definition) is 1. The topological polar surface area (TPSA) is 116 Å². The highest BCUT2D eigenvalue weighted by Gasteiger charge is 2.31. The highest BCUT2D eigenvalue weighted by molar-refractivity contribution is 7.92. The molecule has 1 fully saturated rings. The van der Waals surface area contributed by atoms with E-state index in [1.165, 1.54) is 24.3 Å². The molecule has 1 saturated heterocycles. The van der Waals surface area contributed by atoms with Gasteiger partial charge in [-0.1, -0.05) is 12.1 Å². The van der Waals surface area contributed by atoms with Crippen LogP contribution < -0.4 is 9.46 Å². The third kappa shape index (κ3) is 6.28. The molecule has 10 heteroatoms. The third-order valence-electron chi connectivity index (χ3n) is 4.87. The first kappa shape index (κ1) is 23.2. The summed E-state index contributed by atoms with van der Waals surface area (Å²) in [5, 5.41) is 0. The molecule has 2 aromatic rings.